The van der Waals surface area contributed by atoms with Crippen LogP contribution in [0.15, 0.2) is 41.8 Å². The van der Waals surface area contributed by atoms with Crippen molar-refractivity contribution < 1.29 is 62.6 Å². The Morgan fingerprint density at radius 3 is 1.89 bits per heavy atom. The summed E-state index contributed by atoms with van der Waals surface area (Å²) in [5.41, 5.74) is 17.4. The summed E-state index contributed by atoms with van der Waals surface area (Å²) in [6.45, 7) is 5.21. The molecule has 0 radical (unpaired) electrons. The Labute approximate surface area is 437 Å². The predicted molar refractivity (Wildman–Crippen MR) is 274 cm³/mol. The predicted octanol–water partition coefficient (Wildman–Crippen LogP) is -2.59. The number of likely N-dealkylation sites (tertiary alicyclic amines) is 1. The van der Waals surface area contributed by atoms with Gasteiger partial charge in [-0.05, 0) is 67.7 Å². The Balaban J connectivity index is 1.86. The Hall–Kier alpha value is -6.45. The molecule has 2 heterocycles. The molecular formula is C46H67N11O13S3. The van der Waals surface area contributed by atoms with Gasteiger partial charge in [0.25, 0.3) is 0 Å². The summed E-state index contributed by atoms with van der Waals surface area (Å²) >= 11 is 9.59. The van der Waals surface area contributed by atoms with Crippen LogP contribution in [-0.4, -0.2) is 155 Å². The molecule has 1 saturated heterocycles. The van der Waals surface area contributed by atoms with E-state index in [2.05, 4.69) is 62.5 Å². The number of nitrogens with two attached hydrogens (primary N) is 3. The van der Waals surface area contributed by atoms with Crippen molar-refractivity contribution in [1.82, 2.24) is 42.1 Å². The number of carboxylic acid groups (broad SMARTS) is 1. The van der Waals surface area contributed by atoms with Crippen LogP contribution in [-0.2, 0) is 65.6 Å². The highest BCUT2D eigenvalue weighted by molar-refractivity contribution is 7.80. The maximum absolute atomic E-state index is 14.2. The minimum atomic E-state index is -1.77. The zero-order valence-electron chi connectivity index (χ0n) is 40.8. The highest BCUT2D eigenvalue weighted by Gasteiger charge is 2.40. The molecule has 0 unspecified atom stereocenters. The van der Waals surface area contributed by atoms with Gasteiger partial charge < -0.3 is 69.2 Å². The molecule has 2 aromatic rings. The molecule has 24 nitrogen and oxygen atoms in total. The summed E-state index contributed by atoms with van der Waals surface area (Å²) in [7, 11) is 0. The summed E-state index contributed by atoms with van der Waals surface area (Å²) in [5, 5.41) is 28.2. The number of thiol groups is 2. The first-order valence-corrected chi connectivity index (χ1v) is 25.6. The molecule has 14 N–H and O–H groups in total. The minimum Gasteiger partial charge on any atom is -0.494 e. The number of carbonyl (C=O) groups excluding carboxylic acids is 10. The van der Waals surface area contributed by atoms with E-state index in [4.69, 9.17) is 27.0 Å². The van der Waals surface area contributed by atoms with Crippen LogP contribution in [0.25, 0.3) is 0 Å². The van der Waals surface area contributed by atoms with Crippen molar-refractivity contribution >= 4 is 102 Å². The van der Waals surface area contributed by atoms with Crippen molar-refractivity contribution in [3.8, 4) is 5.75 Å². The van der Waals surface area contributed by atoms with Gasteiger partial charge in [-0.1, -0.05) is 32.0 Å². The third-order valence-electron chi connectivity index (χ3n) is 11.2. The molecular weight excluding hydrogens is 1010 g/mol. The largest absolute Gasteiger partial charge is 0.494 e. The van der Waals surface area contributed by atoms with E-state index in [9.17, 15) is 52.7 Å². The molecule has 73 heavy (non-hydrogen) atoms. The van der Waals surface area contributed by atoms with Gasteiger partial charge in [0.2, 0.25) is 59.1 Å². The number of hydrogen-bond donors (Lipinski definition) is 13. The third-order valence-corrected chi connectivity index (χ3v) is 12.9. The summed E-state index contributed by atoms with van der Waals surface area (Å²) in [6, 6.07) is -0.654. The second-order valence-electron chi connectivity index (χ2n) is 17.5. The average Bonchev–Trinajstić information content (AvgIpc) is 4.06. The molecule has 0 saturated carbocycles. The summed E-state index contributed by atoms with van der Waals surface area (Å²) in [5.74, 6) is -9.92. The van der Waals surface area contributed by atoms with Crippen molar-refractivity contribution in [3.63, 3.8) is 0 Å². The van der Waals surface area contributed by atoms with E-state index in [1.54, 1.807) is 55.6 Å². The van der Waals surface area contributed by atoms with Gasteiger partial charge in [-0.2, -0.15) is 25.3 Å². The molecule has 0 aliphatic carbocycles. The fourth-order valence-electron chi connectivity index (χ4n) is 7.53. The number of thiophene rings is 1. The highest BCUT2D eigenvalue weighted by Crippen LogP contribution is 2.21. The van der Waals surface area contributed by atoms with Gasteiger partial charge in [0.15, 0.2) is 0 Å². The number of ether oxygens (including phenoxy) is 1. The lowest BCUT2D eigenvalue weighted by Crippen LogP contribution is -2.61. The number of benzene rings is 1. The smallest absolute Gasteiger partial charge is 0.322 e. The van der Waals surface area contributed by atoms with E-state index in [1.165, 1.54) is 16.2 Å². The lowest BCUT2D eigenvalue weighted by Gasteiger charge is -2.30. The normalized spacial score (nSPS) is 16.0. The van der Waals surface area contributed by atoms with E-state index < -0.39 is 139 Å². The van der Waals surface area contributed by atoms with Crippen LogP contribution in [0.3, 0.4) is 0 Å². The molecule has 27 heteroatoms. The van der Waals surface area contributed by atoms with Crippen molar-refractivity contribution in [2.45, 2.75) is 120 Å². The first kappa shape index (κ1) is 60.9. The number of nitrogens with one attached hydrogen (secondary N) is 7. The standard InChI is InChI=1S/C46H67N11O13S3/c1-4-70-26-11-9-25(10-12-26)18-31(52-39(62)28(47)22-71)42(65)53-32(19-27-7-6-16-73-27)43(66)51-29(13-14-36(48)58)41(64)54-33(20-37(49)59)44(67)56-34(23-72)46(69)57-15-5-8-35(57)45(68)55-30(17-24(2)3)40(63)50-21-38(60)61/h6-7,9-12,16,24,28-35,71-72H,4-5,8,13-15,17-23,47H2,1-3H3,(H2,48,58)(H2,49,59)(H,50,63)(H,51,66)(H,52,62)(H,53,65)(H,54,64)(H,55,68)(H,56,67)(H,60,61)/t28-,29-,30-,31-,32-,33-,34-,35-/m0/s1. The molecule has 8 atom stereocenters. The first-order chi connectivity index (χ1) is 34.6. The number of nitrogens with zero attached hydrogens (tertiary/aromatic N) is 1. The second kappa shape index (κ2) is 30.6. The lowest BCUT2D eigenvalue weighted by atomic mass is 10.0. The zero-order chi connectivity index (χ0) is 54.4. The molecule has 0 spiro atoms. The SMILES string of the molecule is CCOc1ccc(C[C@H](NC(=O)[C@@H](N)CS)C(=O)N[C@@H](Cc2cccs2)C(=O)N[C@@H](CCC(N)=O)C(=O)N[C@@H](CC(N)=O)C(=O)N[C@@H](CS)C(=O)N2CCC[C@H]2C(=O)N[C@@H](CC(C)C)C(=O)NCC(=O)O)cc1. The van der Waals surface area contributed by atoms with Crippen LogP contribution in [0.5, 0.6) is 5.75 Å². The molecule has 1 aromatic heterocycles. The Morgan fingerprint density at radius 1 is 0.740 bits per heavy atom. The first-order valence-electron chi connectivity index (χ1n) is 23.5. The van der Waals surface area contributed by atoms with Crippen molar-refractivity contribution in [3.05, 3.63) is 52.2 Å². The van der Waals surface area contributed by atoms with Crippen molar-refractivity contribution in [1.29, 1.82) is 0 Å². The maximum atomic E-state index is 14.2. The number of hydrogen-bond acceptors (Lipinski definition) is 16. The Kier molecular flexibility index (Phi) is 25.5. The number of rotatable bonds is 31. The molecule has 1 aliphatic rings. The fourth-order valence-corrected chi connectivity index (χ4v) is 8.70. The molecule has 402 valence electrons. The quantitative estimate of drug-likeness (QED) is 0.0345. The van der Waals surface area contributed by atoms with E-state index in [-0.39, 0.29) is 49.7 Å². The van der Waals surface area contributed by atoms with E-state index in [0.717, 1.165) is 0 Å². The van der Waals surface area contributed by atoms with Gasteiger partial charge in [-0.3, -0.25) is 52.7 Å². The van der Waals surface area contributed by atoms with Gasteiger partial charge in [0.1, 0.15) is 54.6 Å². The van der Waals surface area contributed by atoms with Crippen LogP contribution in [0, 0.1) is 5.92 Å². The average molecular weight is 1080 g/mol. The summed E-state index contributed by atoms with van der Waals surface area (Å²) in [6.07, 6.45) is -1.16. The molecule has 1 fully saturated rings. The van der Waals surface area contributed by atoms with E-state index in [0.29, 0.717) is 29.2 Å². The molecule has 1 aromatic carbocycles. The highest BCUT2D eigenvalue weighted by atomic mass is 32.1. The van der Waals surface area contributed by atoms with Crippen LogP contribution in [0.4, 0.5) is 0 Å². The van der Waals surface area contributed by atoms with Gasteiger partial charge in [-0.25, -0.2) is 0 Å². The topological polar surface area (TPSA) is 383 Å². The van der Waals surface area contributed by atoms with Crippen LogP contribution >= 0.6 is 36.6 Å². The monoisotopic (exact) mass is 1080 g/mol. The molecule has 3 rings (SSSR count). The van der Waals surface area contributed by atoms with E-state index >= 15 is 0 Å². The van der Waals surface area contributed by atoms with Gasteiger partial charge >= 0.3 is 5.97 Å². The van der Waals surface area contributed by atoms with E-state index in [1.807, 2.05) is 6.92 Å². The Bertz CT molecular complexity index is 2260. The summed E-state index contributed by atoms with van der Waals surface area (Å²) < 4.78 is 5.51. The maximum Gasteiger partial charge on any atom is 0.322 e. The van der Waals surface area contributed by atoms with Gasteiger partial charge in [0.05, 0.1) is 19.1 Å². The number of amides is 10. The van der Waals surface area contributed by atoms with Gasteiger partial charge in [0, 0.05) is 42.2 Å². The number of carbonyl (C=O) groups is 11. The zero-order valence-corrected chi connectivity index (χ0v) is 43.4. The van der Waals surface area contributed by atoms with Gasteiger partial charge in [-0.15, -0.1) is 11.3 Å². The molecule has 0 bridgehead atoms. The fraction of sp³-hybridized carbons (Fsp3) is 0.543. The lowest BCUT2D eigenvalue weighted by molar-refractivity contribution is -0.142. The number of carboxylic acids is 1. The third kappa shape index (κ3) is 20.5. The number of primary amides is 2. The summed E-state index contributed by atoms with van der Waals surface area (Å²) in [4.78, 5) is 147. The van der Waals surface area contributed by atoms with Crippen LogP contribution < -0.4 is 59.2 Å². The minimum absolute atomic E-state index is 0.0421. The molecule has 10 amide bonds. The van der Waals surface area contributed by atoms with Crippen molar-refractivity contribution in [2.24, 2.45) is 23.1 Å². The van der Waals surface area contributed by atoms with Crippen LogP contribution in [0.1, 0.15) is 69.7 Å². The second-order valence-corrected chi connectivity index (χ2v) is 19.3. The number of aliphatic carboxylic acids is 1. The Morgan fingerprint density at radius 2 is 1.33 bits per heavy atom. The van der Waals surface area contributed by atoms with Crippen LogP contribution in [0.2, 0.25) is 0 Å². The molecule has 1 aliphatic heterocycles. The van der Waals surface area contributed by atoms with Crippen molar-refractivity contribution in [2.75, 3.05) is 31.2 Å².